The van der Waals surface area contributed by atoms with E-state index < -0.39 is 0 Å². The number of amides is 1. The summed E-state index contributed by atoms with van der Waals surface area (Å²) in [5.74, 6) is 1.38. The van der Waals surface area contributed by atoms with Gasteiger partial charge in [0.25, 0.3) is 0 Å². The molecule has 0 saturated heterocycles. The molecule has 1 aliphatic carbocycles. The zero-order valence-corrected chi connectivity index (χ0v) is 14.4. The number of hydrogen-bond donors (Lipinski definition) is 1. The normalized spacial score (nSPS) is 15.7. The number of aromatic nitrogens is 3. The Morgan fingerprint density at radius 1 is 1.55 bits per heavy atom. The van der Waals surface area contributed by atoms with Crippen molar-refractivity contribution >= 4 is 29.0 Å². The topological polar surface area (TPSA) is 59.8 Å². The van der Waals surface area contributed by atoms with E-state index in [1.54, 1.807) is 11.3 Å². The van der Waals surface area contributed by atoms with Gasteiger partial charge in [0, 0.05) is 12.1 Å². The van der Waals surface area contributed by atoms with Gasteiger partial charge in [0.15, 0.2) is 11.0 Å². The van der Waals surface area contributed by atoms with Crippen LogP contribution in [0.25, 0.3) is 10.7 Å². The summed E-state index contributed by atoms with van der Waals surface area (Å²) < 4.78 is 2.20. The molecule has 118 valence electrons. The van der Waals surface area contributed by atoms with Crippen molar-refractivity contribution in [3.63, 3.8) is 0 Å². The van der Waals surface area contributed by atoms with Crippen LogP contribution in [0, 0.1) is 0 Å². The molecular weight excluding hydrogens is 316 g/mol. The molecule has 3 rings (SSSR count). The SMILES string of the molecule is CCC(C)NC(=O)CSc1nnc(-c2cccs2)n1C1CC1. The van der Waals surface area contributed by atoms with E-state index in [9.17, 15) is 4.79 Å². The lowest BCUT2D eigenvalue weighted by Gasteiger charge is -2.11. The van der Waals surface area contributed by atoms with Gasteiger partial charge in [-0.1, -0.05) is 24.8 Å². The molecule has 0 aromatic carbocycles. The highest BCUT2D eigenvalue weighted by molar-refractivity contribution is 7.99. The largest absolute Gasteiger partial charge is 0.353 e. The molecule has 2 heterocycles. The Morgan fingerprint density at radius 2 is 2.36 bits per heavy atom. The molecule has 7 heteroatoms. The summed E-state index contributed by atoms with van der Waals surface area (Å²) >= 11 is 3.15. The molecule has 5 nitrogen and oxygen atoms in total. The first kappa shape index (κ1) is 15.6. The van der Waals surface area contributed by atoms with Crippen LogP contribution in [0.1, 0.15) is 39.2 Å². The third-order valence-electron chi connectivity index (χ3n) is 3.67. The summed E-state index contributed by atoms with van der Waals surface area (Å²) in [6, 6.07) is 4.80. The van der Waals surface area contributed by atoms with Crippen molar-refractivity contribution in [1.29, 1.82) is 0 Å². The summed E-state index contributed by atoms with van der Waals surface area (Å²) in [5, 5.41) is 14.5. The molecule has 0 spiro atoms. The predicted octanol–water partition coefficient (Wildman–Crippen LogP) is 3.35. The van der Waals surface area contributed by atoms with E-state index >= 15 is 0 Å². The van der Waals surface area contributed by atoms with Crippen molar-refractivity contribution in [2.45, 2.75) is 50.4 Å². The van der Waals surface area contributed by atoms with Crippen LogP contribution in [0.5, 0.6) is 0 Å². The second-order valence-electron chi connectivity index (χ2n) is 5.55. The van der Waals surface area contributed by atoms with Crippen LogP contribution >= 0.6 is 23.1 Å². The van der Waals surface area contributed by atoms with Gasteiger partial charge in [-0.05, 0) is 37.6 Å². The maximum absolute atomic E-state index is 11.9. The van der Waals surface area contributed by atoms with Crippen LogP contribution in [0.4, 0.5) is 0 Å². The second kappa shape index (κ2) is 6.83. The molecule has 0 radical (unpaired) electrons. The van der Waals surface area contributed by atoms with E-state index in [2.05, 4.69) is 33.1 Å². The van der Waals surface area contributed by atoms with E-state index in [1.807, 2.05) is 18.4 Å². The Balaban J connectivity index is 1.70. The molecule has 1 saturated carbocycles. The molecule has 1 atom stereocenters. The third-order valence-corrected chi connectivity index (χ3v) is 5.48. The molecule has 1 fully saturated rings. The highest BCUT2D eigenvalue weighted by atomic mass is 32.2. The Morgan fingerprint density at radius 3 is 3.00 bits per heavy atom. The number of nitrogens with one attached hydrogen (secondary N) is 1. The van der Waals surface area contributed by atoms with Gasteiger partial charge in [0.05, 0.1) is 10.6 Å². The molecule has 0 bridgehead atoms. The van der Waals surface area contributed by atoms with E-state index in [1.165, 1.54) is 24.6 Å². The Hall–Kier alpha value is -1.34. The number of thioether (sulfide) groups is 1. The standard InChI is InChI=1S/C15H20N4OS2/c1-3-10(2)16-13(20)9-22-15-18-17-14(12-5-4-8-21-12)19(15)11-6-7-11/h4-5,8,10-11H,3,6-7,9H2,1-2H3,(H,16,20). The van der Waals surface area contributed by atoms with Crippen molar-refractivity contribution in [2.24, 2.45) is 0 Å². The van der Waals surface area contributed by atoms with Gasteiger partial charge in [-0.15, -0.1) is 21.5 Å². The molecular formula is C15H20N4OS2. The zero-order chi connectivity index (χ0) is 15.5. The fraction of sp³-hybridized carbons (Fsp3) is 0.533. The summed E-state index contributed by atoms with van der Waals surface area (Å²) in [4.78, 5) is 13.1. The number of thiophene rings is 1. The number of carbonyl (C=O) groups excluding carboxylic acids is 1. The lowest BCUT2D eigenvalue weighted by atomic mass is 10.3. The van der Waals surface area contributed by atoms with Crippen molar-refractivity contribution in [3.05, 3.63) is 17.5 Å². The average Bonchev–Trinajstić information content (AvgIpc) is 3.03. The van der Waals surface area contributed by atoms with Gasteiger partial charge >= 0.3 is 0 Å². The van der Waals surface area contributed by atoms with Crippen molar-refractivity contribution in [1.82, 2.24) is 20.1 Å². The van der Waals surface area contributed by atoms with Crippen molar-refractivity contribution < 1.29 is 4.79 Å². The maximum atomic E-state index is 11.9. The maximum Gasteiger partial charge on any atom is 0.230 e. The van der Waals surface area contributed by atoms with Crippen LogP contribution < -0.4 is 5.32 Å². The van der Waals surface area contributed by atoms with E-state index in [4.69, 9.17) is 0 Å². The zero-order valence-electron chi connectivity index (χ0n) is 12.8. The first-order valence-electron chi connectivity index (χ1n) is 7.60. The molecule has 1 N–H and O–H groups in total. The van der Waals surface area contributed by atoms with E-state index in [0.717, 1.165) is 22.3 Å². The van der Waals surface area contributed by atoms with Gasteiger partial charge in [0.2, 0.25) is 5.91 Å². The first-order valence-corrected chi connectivity index (χ1v) is 9.46. The monoisotopic (exact) mass is 336 g/mol. The van der Waals surface area contributed by atoms with Crippen molar-refractivity contribution in [3.8, 4) is 10.7 Å². The molecule has 1 amide bonds. The molecule has 2 aromatic rings. The van der Waals surface area contributed by atoms with Crippen LogP contribution in [0.15, 0.2) is 22.7 Å². The molecule has 1 aliphatic rings. The van der Waals surface area contributed by atoms with E-state index in [0.29, 0.717) is 11.8 Å². The van der Waals surface area contributed by atoms with Gasteiger partial charge < -0.3 is 5.32 Å². The second-order valence-corrected chi connectivity index (χ2v) is 7.44. The lowest BCUT2D eigenvalue weighted by Crippen LogP contribution is -2.33. The molecule has 2 aromatic heterocycles. The quantitative estimate of drug-likeness (QED) is 0.788. The Bertz CT molecular complexity index is 634. The van der Waals surface area contributed by atoms with Gasteiger partial charge in [0.1, 0.15) is 0 Å². The lowest BCUT2D eigenvalue weighted by molar-refractivity contribution is -0.119. The third kappa shape index (κ3) is 3.52. The minimum Gasteiger partial charge on any atom is -0.353 e. The van der Waals surface area contributed by atoms with Crippen LogP contribution in [0.2, 0.25) is 0 Å². The van der Waals surface area contributed by atoms with Gasteiger partial charge in [-0.3, -0.25) is 9.36 Å². The van der Waals surface area contributed by atoms with Crippen LogP contribution in [0.3, 0.4) is 0 Å². The van der Waals surface area contributed by atoms with E-state index in [-0.39, 0.29) is 11.9 Å². The summed E-state index contributed by atoms with van der Waals surface area (Å²) in [6.45, 7) is 4.08. The fourth-order valence-corrected chi connectivity index (χ4v) is 3.68. The first-order chi connectivity index (χ1) is 10.7. The summed E-state index contributed by atoms with van der Waals surface area (Å²) in [5.41, 5.74) is 0. The minimum absolute atomic E-state index is 0.0578. The molecule has 1 unspecified atom stereocenters. The summed E-state index contributed by atoms with van der Waals surface area (Å²) in [7, 11) is 0. The molecule has 22 heavy (non-hydrogen) atoms. The summed E-state index contributed by atoms with van der Waals surface area (Å²) in [6.07, 6.45) is 3.28. The fourth-order valence-electron chi connectivity index (χ4n) is 2.16. The number of carbonyl (C=O) groups is 1. The smallest absolute Gasteiger partial charge is 0.230 e. The van der Waals surface area contributed by atoms with Gasteiger partial charge in [-0.25, -0.2) is 0 Å². The highest BCUT2D eigenvalue weighted by Gasteiger charge is 2.30. The predicted molar refractivity (Wildman–Crippen MR) is 90.2 cm³/mol. The van der Waals surface area contributed by atoms with Gasteiger partial charge in [-0.2, -0.15) is 0 Å². The number of nitrogens with zero attached hydrogens (tertiary/aromatic N) is 3. The Labute approximate surface area is 138 Å². The van der Waals surface area contributed by atoms with Crippen LogP contribution in [-0.2, 0) is 4.79 Å². The number of rotatable bonds is 7. The highest BCUT2D eigenvalue weighted by Crippen LogP contribution is 2.41. The number of hydrogen-bond acceptors (Lipinski definition) is 5. The molecule has 0 aliphatic heterocycles. The average molecular weight is 336 g/mol. The van der Waals surface area contributed by atoms with Crippen molar-refractivity contribution in [2.75, 3.05) is 5.75 Å². The van der Waals surface area contributed by atoms with Crippen LogP contribution in [-0.4, -0.2) is 32.5 Å². The minimum atomic E-state index is 0.0578. The Kier molecular flexibility index (Phi) is 4.83.